The number of rotatable bonds is 7. The number of pyridine rings is 1. The van der Waals surface area contributed by atoms with Crippen molar-refractivity contribution < 1.29 is 14.3 Å². The van der Waals surface area contributed by atoms with Crippen molar-refractivity contribution >= 4 is 5.91 Å². The lowest BCUT2D eigenvalue weighted by Gasteiger charge is -2.27. The number of carbonyl (C=O) groups excluding carboxylic acids is 1. The number of imidazole rings is 1. The van der Waals surface area contributed by atoms with Crippen molar-refractivity contribution in [1.82, 2.24) is 19.4 Å². The molecule has 2 aromatic heterocycles. The summed E-state index contributed by atoms with van der Waals surface area (Å²) in [5.74, 6) is 0.643. The molecule has 3 heterocycles. The fourth-order valence-corrected chi connectivity index (χ4v) is 3.16. The van der Waals surface area contributed by atoms with Crippen LogP contribution >= 0.6 is 0 Å². The molecule has 1 saturated heterocycles. The molecule has 0 bridgehead atoms. The second-order valence-corrected chi connectivity index (χ2v) is 6.20. The van der Waals surface area contributed by atoms with Crippen molar-refractivity contribution in [3.8, 4) is 0 Å². The summed E-state index contributed by atoms with van der Waals surface area (Å²) in [6.45, 7) is 2.11. The Bertz CT molecular complexity index is 689. The highest BCUT2D eigenvalue weighted by molar-refractivity contribution is 5.79. The van der Waals surface area contributed by atoms with E-state index in [1.54, 1.807) is 25.7 Å². The van der Waals surface area contributed by atoms with Crippen LogP contribution < -0.4 is 0 Å². The smallest absolute Gasteiger partial charge is 0.229 e. The Morgan fingerprint density at radius 1 is 1.48 bits per heavy atom. The number of nitrogens with zero attached hydrogens (tertiary/aromatic N) is 4. The van der Waals surface area contributed by atoms with Gasteiger partial charge in [-0.05, 0) is 18.1 Å². The molecule has 1 fully saturated rings. The number of aryl methyl sites for hydroxylation is 1. The molecule has 0 unspecified atom stereocenters. The molecule has 25 heavy (non-hydrogen) atoms. The predicted octanol–water partition coefficient (Wildman–Crippen LogP) is 1.57. The van der Waals surface area contributed by atoms with Gasteiger partial charge in [-0.2, -0.15) is 0 Å². The van der Waals surface area contributed by atoms with Crippen LogP contribution in [0, 0.1) is 5.92 Å². The first-order chi connectivity index (χ1) is 12.2. The molecule has 2 aromatic rings. The molecule has 7 heteroatoms. The maximum absolute atomic E-state index is 13.2. The van der Waals surface area contributed by atoms with Gasteiger partial charge in [-0.1, -0.05) is 6.07 Å². The molecule has 134 valence electrons. The van der Waals surface area contributed by atoms with Gasteiger partial charge in [-0.25, -0.2) is 4.98 Å². The van der Waals surface area contributed by atoms with Gasteiger partial charge in [0, 0.05) is 58.6 Å². The summed E-state index contributed by atoms with van der Waals surface area (Å²) in [6.07, 6.45) is 7.52. The second kappa shape index (κ2) is 8.22. The molecule has 1 amide bonds. The van der Waals surface area contributed by atoms with Gasteiger partial charge in [0.25, 0.3) is 0 Å². The van der Waals surface area contributed by atoms with Crippen LogP contribution in [0.15, 0.2) is 36.9 Å². The van der Waals surface area contributed by atoms with Crippen molar-refractivity contribution in [2.24, 2.45) is 13.0 Å². The minimum atomic E-state index is -0.300. The van der Waals surface area contributed by atoms with E-state index in [9.17, 15) is 4.79 Å². The summed E-state index contributed by atoms with van der Waals surface area (Å²) < 4.78 is 12.9. The zero-order valence-electron chi connectivity index (χ0n) is 14.7. The van der Waals surface area contributed by atoms with Crippen LogP contribution in [0.5, 0.6) is 0 Å². The first-order valence-corrected chi connectivity index (χ1v) is 8.46. The Hall–Kier alpha value is -2.25. The molecule has 7 nitrogen and oxygen atoms in total. The lowest BCUT2D eigenvalue weighted by atomic mass is 9.98. The van der Waals surface area contributed by atoms with E-state index >= 15 is 0 Å². The van der Waals surface area contributed by atoms with E-state index in [4.69, 9.17) is 9.47 Å². The van der Waals surface area contributed by atoms with E-state index < -0.39 is 0 Å². The molecule has 1 aliphatic heterocycles. The molecule has 0 aromatic carbocycles. The molecule has 1 aliphatic rings. The highest BCUT2D eigenvalue weighted by Gasteiger charge is 2.39. The third-order valence-electron chi connectivity index (χ3n) is 4.50. The summed E-state index contributed by atoms with van der Waals surface area (Å²) in [7, 11) is 3.56. The van der Waals surface area contributed by atoms with Crippen LogP contribution in [0.25, 0.3) is 0 Å². The van der Waals surface area contributed by atoms with Gasteiger partial charge >= 0.3 is 0 Å². The van der Waals surface area contributed by atoms with Crippen LogP contribution in [0.2, 0.25) is 0 Å². The van der Waals surface area contributed by atoms with Crippen LogP contribution in [0.3, 0.4) is 0 Å². The lowest BCUT2D eigenvalue weighted by Crippen LogP contribution is -2.39. The number of hydrogen-bond donors (Lipinski definition) is 0. The predicted molar refractivity (Wildman–Crippen MR) is 91.5 cm³/mol. The molecular formula is C18H24N4O3. The zero-order chi connectivity index (χ0) is 17.6. The van der Waals surface area contributed by atoms with Gasteiger partial charge in [0.1, 0.15) is 11.9 Å². The average molecular weight is 344 g/mol. The number of hydrogen-bond acceptors (Lipinski definition) is 5. The van der Waals surface area contributed by atoms with E-state index in [-0.39, 0.29) is 17.9 Å². The Balaban J connectivity index is 1.77. The first-order valence-electron chi connectivity index (χ1n) is 8.46. The summed E-state index contributed by atoms with van der Waals surface area (Å²) in [5, 5.41) is 0. The van der Waals surface area contributed by atoms with E-state index in [1.165, 1.54) is 0 Å². The number of aromatic nitrogens is 3. The number of ether oxygens (including phenoxy) is 2. The number of carbonyl (C=O) groups is 1. The van der Waals surface area contributed by atoms with Gasteiger partial charge in [-0.3, -0.25) is 9.78 Å². The highest BCUT2D eigenvalue weighted by atomic mass is 16.5. The minimum Gasteiger partial charge on any atom is -0.383 e. The molecule has 3 rings (SSSR count). The second-order valence-electron chi connectivity index (χ2n) is 6.20. The molecule has 0 N–H and O–H groups in total. The summed E-state index contributed by atoms with van der Waals surface area (Å²) in [6, 6.07) is 3.85. The van der Waals surface area contributed by atoms with Crippen molar-refractivity contribution in [1.29, 1.82) is 0 Å². The maximum Gasteiger partial charge on any atom is 0.229 e. The standard InChI is InChI=1S/C18H24N4O3/c1-21-8-7-20-17(21)16-15(5-10-25-16)18(23)22(9-11-24-2)13-14-4-3-6-19-12-14/h3-4,6-8,12,15-16H,5,9-11,13H2,1-2H3/t15-,16-/m1/s1. The van der Waals surface area contributed by atoms with E-state index in [1.807, 2.05) is 34.8 Å². The molecular weight excluding hydrogens is 320 g/mol. The minimum absolute atomic E-state index is 0.0754. The Morgan fingerprint density at radius 3 is 3.04 bits per heavy atom. The monoisotopic (exact) mass is 344 g/mol. The third kappa shape index (κ3) is 4.05. The van der Waals surface area contributed by atoms with E-state index in [0.29, 0.717) is 32.7 Å². The SMILES string of the molecule is COCCN(Cc1cccnc1)C(=O)[C@@H]1CCO[C@H]1c1nccn1C. The van der Waals surface area contributed by atoms with Gasteiger partial charge in [0.2, 0.25) is 5.91 Å². The molecule has 0 radical (unpaired) electrons. The van der Waals surface area contributed by atoms with Crippen molar-refractivity contribution in [3.05, 3.63) is 48.3 Å². The normalized spacial score (nSPS) is 19.9. The van der Waals surface area contributed by atoms with Crippen molar-refractivity contribution in [2.45, 2.75) is 19.1 Å². The maximum atomic E-state index is 13.2. The first kappa shape index (κ1) is 17.6. The largest absolute Gasteiger partial charge is 0.383 e. The summed E-state index contributed by atoms with van der Waals surface area (Å²) in [5.41, 5.74) is 0.999. The number of methoxy groups -OCH3 is 1. The van der Waals surface area contributed by atoms with Crippen LogP contribution in [-0.4, -0.2) is 52.2 Å². The van der Waals surface area contributed by atoms with Crippen molar-refractivity contribution in [2.75, 3.05) is 26.9 Å². The average Bonchev–Trinajstić information content (AvgIpc) is 3.27. The molecule has 0 aliphatic carbocycles. The highest BCUT2D eigenvalue weighted by Crippen LogP contribution is 2.35. The Labute approximate surface area is 147 Å². The molecule has 0 saturated carbocycles. The van der Waals surface area contributed by atoms with Gasteiger partial charge < -0.3 is 18.9 Å². The van der Waals surface area contributed by atoms with Crippen LogP contribution in [-0.2, 0) is 27.9 Å². The quantitative estimate of drug-likeness (QED) is 0.762. The van der Waals surface area contributed by atoms with E-state index in [2.05, 4.69) is 9.97 Å². The fraction of sp³-hybridized carbons (Fsp3) is 0.500. The molecule has 0 spiro atoms. The molecule has 2 atom stereocenters. The van der Waals surface area contributed by atoms with Gasteiger partial charge in [0.15, 0.2) is 0 Å². The third-order valence-corrected chi connectivity index (χ3v) is 4.50. The van der Waals surface area contributed by atoms with Crippen LogP contribution in [0.4, 0.5) is 0 Å². The lowest BCUT2D eigenvalue weighted by molar-refractivity contribution is -0.139. The summed E-state index contributed by atoms with van der Waals surface area (Å²) >= 11 is 0. The Kier molecular flexibility index (Phi) is 5.78. The van der Waals surface area contributed by atoms with Crippen molar-refractivity contribution in [3.63, 3.8) is 0 Å². The van der Waals surface area contributed by atoms with E-state index in [0.717, 1.165) is 11.4 Å². The zero-order valence-corrected chi connectivity index (χ0v) is 14.7. The summed E-state index contributed by atoms with van der Waals surface area (Å²) in [4.78, 5) is 23.5. The number of amides is 1. The van der Waals surface area contributed by atoms with Gasteiger partial charge in [0.05, 0.1) is 12.5 Å². The topological polar surface area (TPSA) is 69.5 Å². The Morgan fingerprint density at radius 2 is 2.36 bits per heavy atom. The fourth-order valence-electron chi connectivity index (χ4n) is 3.16. The van der Waals surface area contributed by atoms with Gasteiger partial charge in [-0.15, -0.1) is 0 Å². The van der Waals surface area contributed by atoms with Crippen LogP contribution in [0.1, 0.15) is 23.9 Å².